The van der Waals surface area contributed by atoms with Crippen LogP contribution in [0.1, 0.15) is 18.2 Å². The number of hydrogen-bond donors (Lipinski definition) is 1. The molecule has 2 heterocycles. The summed E-state index contributed by atoms with van der Waals surface area (Å²) in [6, 6.07) is 3.57. The largest absolute Gasteiger partial charge is 0.350 e. The van der Waals surface area contributed by atoms with Crippen molar-refractivity contribution in [1.29, 1.82) is 0 Å². The highest BCUT2D eigenvalue weighted by Gasteiger charge is 2.56. The van der Waals surface area contributed by atoms with Gasteiger partial charge in [0.05, 0.1) is 6.21 Å². The third-order valence-corrected chi connectivity index (χ3v) is 3.28. The molecule has 1 aliphatic heterocycles. The number of carbonyl (C=O) groups excluding carboxylic acids is 1. The number of pyridine rings is 1. The number of nitrogens with zero attached hydrogens (tertiary/aromatic N) is 3. The van der Waals surface area contributed by atoms with Gasteiger partial charge in [0.2, 0.25) is 0 Å². The Labute approximate surface area is 113 Å². The lowest BCUT2D eigenvalue weighted by Crippen LogP contribution is -2.33. The summed E-state index contributed by atoms with van der Waals surface area (Å²) in [6.07, 6.45) is 3.98. The molecule has 1 aliphatic carbocycles. The zero-order valence-corrected chi connectivity index (χ0v) is 10.5. The quantitative estimate of drug-likeness (QED) is 0.904. The standard InChI is InChI=1S/C13H12F2N4O/c14-13(15)4-9(13)6-18-12(20)10-7-17-11(19-10)8-2-1-3-16-5-8/h1-3,5,7,9,11H,4,6H2,(H,18,20). The Kier molecular flexibility index (Phi) is 3.04. The van der Waals surface area contributed by atoms with Crippen LogP contribution >= 0.6 is 0 Å². The zero-order chi connectivity index (χ0) is 14.2. The molecule has 104 valence electrons. The van der Waals surface area contributed by atoms with Gasteiger partial charge in [-0.15, -0.1) is 0 Å². The molecule has 2 unspecified atom stereocenters. The highest BCUT2D eigenvalue weighted by atomic mass is 19.3. The molecule has 0 aromatic carbocycles. The van der Waals surface area contributed by atoms with Crippen LogP contribution in [0.25, 0.3) is 0 Å². The smallest absolute Gasteiger partial charge is 0.271 e. The van der Waals surface area contributed by atoms with Gasteiger partial charge in [0.15, 0.2) is 6.17 Å². The molecular formula is C13H12F2N4O. The van der Waals surface area contributed by atoms with Crippen molar-refractivity contribution in [3.8, 4) is 0 Å². The van der Waals surface area contributed by atoms with Crippen molar-refractivity contribution in [3.63, 3.8) is 0 Å². The van der Waals surface area contributed by atoms with Crippen LogP contribution in [0.5, 0.6) is 0 Å². The summed E-state index contributed by atoms with van der Waals surface area (Å²) < 4.78 is 25.4. The third kappa shape index (κ3) is 2.56. The van der Waals surface area contributed by atoms with Crippen molar-refractivity contribution >= 4 is 17.8 Å². The number of rotatable bonds is 4. The molecule has 1 aromatic rings. The van der Waals surface area contributed by atoms with Gasteiger partial charge in [-0.2, -0.15) is 0 Å². The van der Waals surface area contributed by atoms with Crippen molar-refractivity contribution in [2.45, 2.75) is 18.5 Å². The van der Waals surface area contributed by atoms with Gasteiger partial charge in [-0.25, -0.2) is 13.8 Å². The predicted octanol–water partition coefficient (Wildman–Crippen LogP) is 1.38. The topological polar surface area (TPSA) is 66.7 Å². The molecule has 2 atom stereocenters. The highest BCUT2D eigenvalue weighted by Crippen LogP contribution is 2.47. The fourth-order valence-electron chi connectivity index (χ4n) is 1.94. The number of amides is 1. The molecular weight excluding hydrogens is 266 g/mol. The SMILES string of the molecule is O=C(NCC1CC1(F)F)C1=NC(c2cccnc2)N=C1. The number of halogens is 2. The van der Waals surface area contributed by atoms with Gasteiger partial charge >= 0.3 is 0 Å². The second-order valence-electron chi connectivity index (χ2n) is 4.82. The number of aliphatic imine (C=N–C) groups is 2. The minimum atomic E-state index is -2.63. The highest BCUT2D eigenvalue weighted by molar-refractivity contribution is 6.61. The second-order valence-corrected chi connectivity index (χ2v) is 4.82. The van der Waals surface area contributed by atoms with Gasteiger partial charge in [-0.3, -0.25) is 14.8 Å². The lowest BCUT2D eigenvalue weighted by molar-refractivity contribution is -0.114. The first-order valence-corrected chi connectivity index (χ1v) is 6.23. The number of aromatic nitrogens is 1. The van der Waals surface area contributed by atoms with Crippen LogP contribution in [0.4, 0.5) is 8.78 Å². The minimum Gasteiger partial charge on any atom is -0.350 e. The first-order chi connectivity index (χ1) is 9.56. The average Bonchev–Trinajstić information content (AvgIpc) is 2.88. The Morgan fingerprint density at radius 2 is 2.30 bits per heavy atom. The van der Waals surface area contributed by atoms with Crippen molar-refractivity contribution in [2.24, 2.45) is 15.9 Å². The normalized spacial score (nSPS) is 26.2. The number of hydrogen-bond acceptors (Lipinski definition) is 4. The van der Waals surface area contributed by atoms with Crippen LogP contribution in [0.3, 0.4) is 0 Å². The summed E-state index contributed by atoms with van der Waals surface area (Å²) in [6.45, 7) is -0.0315. The molecule has 0 saturated heterocycles. The van der Waals surface area contributed by atoms with Crippen molar-refractivity contribution in [1.82, 2.24) is 10.3 Å². The summed E-state index contributed by atoms with van der Waals surface area (Å²) in [4.78, 5) is 24.0. The molecule has 20 heavy (non-hydrogen) atoms. The molecule has 5 nitrogen and oxygen atoms in total. The van der Waals surface area contributed by atoms with Crippen LogP contribution in [-0.4, -0.2) is 35.3 Å². The van der Waals surface area contributed by atoms with Crippen molar-refractivity contribution in [2.75, 3.05) is 6.54 Å². The Morgan fingerprint density at radius 3 is 2.95 bits per heavy atom. The molecule has 1 aromatic heterocycles. The van der Waals surface area contributed by atoms with Gasteiger partial charge in [0, 0.05) is 36.8 Å². The number of alkyl halides is 2. The molecule has 7 heteroatoms. The molecule has 0 spiro atoms. The molecule has 0 bridgehead atoms. The maximum absolute atomic E-state index is 12.7. The molecule has 1 fully saturated rings. The summed E-state index contributed by atoms with van der Waals surface area (Å²) in [7, 11) is 0. The number of carbonyl (C=O) groups is 1. The fraction of sp³-hybridized carbons (Fsp3) is 0.385. The van der Waals surface area contributed by atoms with Crippen LogP contribution in [0.15, 0.2) is 34.5 Å². The van der Waals surface area contributed by atoms with Gasteiger partial charge < -0.3 is 5.32 Å². The predicted molar refractivity (Wildman–Crippen MR) is 69.0 cm³/mol. The van der Waals surface area contributed by atoms with E-state index in [-0.39, 0.29) is 18.7 Å². The van der Waals surface area contributed by atoms with Gasteiger partial charge in [-0.05, 0) is 6.07 Å². The monoisotopic (exact) mass is 278 g/mol. The first-order valence-electron chi connectivity index (χ1n) is 6.23. The molecule has 1 amide bonds. The van der Waals surface area contributed by atoms with Crippen LogP contribution < -0.4 is 5.32 Å². The molecule has 1 saturated carbocycles. The Bertz CT molecular complexity index is 585. The summed E-state index contributed by atoms with van der Waals surface area (Å²) >= 11 is 0. The van der Waals surface area contributed by atoms with Crippen LogP contribution in [-0.2, 0) is 4.79 Å². The molecule has 0 radical (unpaired) electrons. The van der Waals surface area contributed by atoms with E-state index in [0.29, 0.717) is 0 Å². The van der Waals surface area contributed by atoms with E-state index in [1.165, 1.54) is 6.21 Å². The van der Waals surface area contributed by atoms with Gasteiger partial charge in [0.25, 0.3) is 11.8 Å². The third-order valence-electron chi connectivity index (χ3n) is 3.28. The number of nitrogens with one attached hydrogen (secondary N) is 1. The lowest BCUT2D eigenvalue weighted by Gasteiger charge is -2.04. The van der Waals surface area contributed by atoms with E-state index >= 15 is 0 Å². The van der Waals surface area contributed by atoms with Crippen molar-refractivity contribution in [3.05, 3.63) is 30.1 Å². The summed E-state index contributed by atoms with van der Waals surface area (Å²) in [5.74, 6) is -3.85. The van der Waals surface area contributed by atoms with Crippen molar-refractivity contribution < 1.29 is 13.6 Å². The summed E-state index contributed by atoms with van der Waals surface area (Å²) in [5, 5.41) is 2.46. The van der Waals surface area contributed by atoms with E-state index in [1.54, 1.807) is 18.5 Å². The minimum absolute atomic E-state index is 0.0315. The average molecular weight is 278 g/mol. The van der Waals surface area contributed by atoms with Gasteiger partial charge in [-0.1, -0.05) is 6.07 Å². The molecule has 2 aliphatic rings. The Morgan fingerprint density at radius 1 is 1.50 bits per heavy atom. The lowest BCUT2D eigenvalue weighted by atomic mass is 10.2. The fourth-order valence-corrected chi connectivity index (χ4v) is 1.94. The molecule has 1 N–H and O–H groups in total. The zero-order valence-electron chi connectivity index (χ0n) is 10.5. The Hall–Kier alpha value is -2.18. The van der Waals surface area contributed by atoms with E-state index in [1.807, 2.05) is 6.07 Å². The molecule has 3 rings (SSSR count). The first kappa shape index (κ1) is 12.8. The maximum atomic E-state index is 12.7. The van der Waals surface area contributed by atoms with E-state index in [9.17, 15) is 13.6 Å². The Balaban J connectivity index is 1.58. The van der Waals surface area contributed by atoms with E-state index in [2.05, 4.69) is 20.3 Å². The van der Waals surface area contributed by atoms with E-state index in [0.717, 1.165) is 5.56 Å². The van der Waals surface area contributed by atoms with E-state index < -0.39 is 23.9 Å². The van der Waals surface area contributed by atoms with Crippen LogP contribution in [0.2, 0.25) is 0 Å². The van der Waals surface area contributed by atoms with Crippen LogP contribution in [0, 0.1) is 5.92 Å². The summed E-state index contributed by atoms with van der Waals surface area (Å²) in [5.41, 5.74) is 0.933. The second kappa shape index (κ2) is 4.73. The van der Waals surface area contributed by atoms with E-state index in [4.69, 9.17) is 0 Å². The van der Waals surface area contributed by atoms with Gasteiger partial charge in [0.1, 0.15) is 5.71 Å². The maximum Gasteiger partial charge on any atom is 0.271 e.